The van der Waals surface area contributed by atoms with Crippen molar-refractivity contribution in [3.63, 3.8) is 0 Å². The molecule has 1 amide bonds. The second-order valence-electron chi connectivity index (χ2n) is 7.86. The van der Waals surface area contributed by atoms with E-state index in [0.717, 1.165) is 12.1 Å². The molecule has 2 aliphatic rings. The molecule has 3 aromatic rings. The lowest BCUT2D eigenvalue weighted by atomic mass is 9.83. The summed E-state index contributed by atoms with van der Waals surface area (Å²) in [6.07, 6.45) is 0.975. The number of pyridine rings is 1. The van der Waals surface area contributed by atoms with Crippen LogP contribution in [0, 0.1) is 10.7 Å². The summed E-state index contributed by atoms with van der Waals surface area (Å²) in [6, 6.07) is 12.5. The molecule has 29 heavy (non-hydrogen) atoms. The molecular formula is C21H20N4O3S. The first-order valence-electron chi connectivity index (χ1n) is 9.70. The summed E-state index contributed by atoms with van der Waals surface area (Å²) in [7, 11) is 0. The second-order valence-corrected chi connectivity index (χ2v) is 8.25. The minimum atomic E-state index is -0.258. The quantitative estimate of drug-likeness (QED) is 0.657. The topological polar surface area (TPSA) is 80.1 Å². The maximum absolute atomic E-state index is 13.1. The summed E-state index contributed by atoms with van der Waals surface area (Å²) < 4.78 is 3.42. The minimum absolute atomic E-state index is 0.0194. The van der Waals surface area contributed by atoms with E-state index >= 15 is 0 Å². The van der Waals surface area contributed by atoms with Gasteiger partial charge < -0.3 is 14.5 Å². The molecule has 2 aliphatic heterocycles. The number of nitrogens with zero attached hydrogens (tertiary/aromatic N) is 3. The van der Waals surface area contributed by atoms with Crippen molar-refractivity contribution in [2.45, 2.75) is 25.4 Å². The molecule has 5 rings (SSSR count). The van der Waals surface area contributed by atoms with Crippen LogP contribution in [0.3, 0.4) is 0 Å². The monoisotopic (exact) mass is 408 g/mol. The molecule has 2 aromatic heterocycles. The molecule has 1 aromatic carbocycles. The Morgan fingerprint density at radius 2 is 1.90 bits per heavy atom. The number of benzene rings is 1. The van der Waals surface area contributed by atoms with Gasteiger partial charge in [-0.3, -0.25) is 19.0 Å². The minimum Gasteiger partial charge on any atom is -0.340 e. The van der Waals surface area contributed by atoms with Crippen molar-refractivity contribution in [3.8, 4) is 0 Å². The molecular weight excluding hydrogens is 388 g/mol. The van der Waals surface area contributed by atoms with Gasteiger partial charge in [0.05, 0.1) is 10.9 Å². The highest BCUT2D eigenvalue weighted by Crippen LogP contribution is 2.34. The van der Waals surface area contributed by atoms with Gasteiger partial charge in [-0.25, -0.2) is 0 Å². The molecule has 8 heteroatoms. The Hall–Kier alpha value is -3.00. The van der Waals surface area contributed by atoms with Gasteiger partial charge in [0, 0.05) is 37.3 Å². The van der Waals surface area contributed by atoms with Gasteiger partial charge in [-0.15, -0.1) is 0 Å². The standard InChI is InChI=1S/C21H20N4O3S/c26-18-7-3-6-17-14-8-13(10-24(17)18)9-23(11-14)19(27)12-25-20(28)15-4-1-2-5-16(15)22-21(25)29/h1-7,13-14H,8-12H2,(H,22,29)/t13-,14+/m1/s1. The predicted octanol–water partition coefficient (Wildman–Crippen LogP) is 1.87. The Labute approximate surface area is 171 Å². The number of aromatic amines is 1. The summed E-state index contributed by atoms with van der Waals surface area (Å²) in [6.45, 7) is 1.69. The highest BCUT2D eigenvalue weighted by atomic mass is 32.1. The third-order valence-electron chi connectivity index (χ3n) is 6.02. The molecule has 4 heterocycles. The van der Waals surface area contributed by atoms with Gasteiger partial charge in [0.1, 0.15) is 6.54 Å². The van der Waals surface area contributed by atoms with Crippen LogP contribution in [0.25, 0.3) is 10.9 Å². The molecule has 0 radical (unpaired) electrons. The van der Waals surface area contributed by atoms with Crippen molar-refractivity contribution < 1.29 is 4.79 Å². The highest BCUT2D eigenvalue weighted by molar-refractivity contribution is 7.71. The number of para-hydroxylation sites is 1. The SMILES string of the molecule is O=C(Cn1c(=S)[nH]c2ccccc2c1=O)N1C[C@H]2C[C@@H](C1)c1cccc(=O)n1C2. The fourth-order valence-corrected chi connectivity index (χ4v) is 4.94. The number of carbonyl (C=O) groups is 1. The average molecular weight is 408 g/mol. The number of fused-ring (bicyclic) bond motifs is 5. The van der Waals surface area contributed by atoms with Crippen LogP contribution in [-0.2, 0) is 17.9 Å². The van der Waals surface area contributed by atoms with Gasteiger partial charge in [0.2, 0.25) is 5.91 Å². The van der Waals surface area contributed by atoms with E-state index in [-0.39, 0.29) is 40.2 Å². The summed E-state index contributed by atoms with van der Waals surface area (Å²) in [5.41, 5.74) is 1.42. The van der Waals surface area contributed by atoms with Crippen LogP contribution in [0.1, 0.15) is 18.0 Å². The number of rotatable bonds is 2. The first-order chi connectivity index (χ1) is 14.0. The van der Waals surface area contributed by atoms with Crippen LogP contribution < -0.4 is 11.1 Å². The van der Waals surface area contributed by atoms with Crippen LogP contribution in [0.5, 0.6) is 0 Å². The first-order valence-corrected chi connectivity index (χ1v) is 10.1. The third-order valence-corrected chi connectivity index (χ3v) is 6.34. The lowest BCUT2D eigenvalue weighted by Gasteiger charge is -2.42. The maximum atomic E-state index is 13.1. The van der Waals surface area contributed by atoms with E-state index in [1.165, 1.54) is 4.57 Å². The lowest BCUT2D eigenvalue weighted by Crippen LogP contribution is -2.50. The zero-order valence-electron chi connectivity index (χ0n) is 15.7. The first kappa shape index (κ1) is 18.1. The Morgan fingerprint density at radius 1 is 1.07 bits per heavy atom. The molecule has 1 N–H and O–H groups in total. The third kappa shape index (κ3) is 3.04. The second kappa shape index (κ2) is 6.81. The number of nitrogens with one attached hydrogen (secondary N) is 1. The van der Waals surface area contributed by atoms with Crippen LogP contribution in [-0.4, -0.2) is 38.0 Å². The molecule has 2 atom stereocenters. The van der Waals surface area contributed by atoms with E-state index in [0.29, 0.717) is 30.5 Å². The molecule has 2 bridgehead atoms. The fraction of sp³-hybridized carbons (Fsp3) is 0.333. The van der Waals surface area contributed by atoms with E-state index in [1.54, 1.807) is 30.3 Å². The maximum Gasteiger partial charge on any atom is 0.262 e. The zero-order chi connectivity index (χ0) is 20.1. The fourth-order valence-electron chi connectivity index (χ4n) is 4.68. The Kier molecular flexibility index (Phi) is 4.24. The van der Waals surface area contributed by atoms with Crippen molar-refractivity contribution in [1.82, 2.24) is 19.0 Å². The number of hydrogen-bond acceptors (Lipinski definition) is 4. The van der Waals surface area contributed by atoms with Crippen molar-refractivity contribution >= 4 is 29.0 Å². The number of aromatic nitrogens is 3. The number of amides is 1. The van der Waals surface area contributed by atoms with Gasteiger partial charge in [-0.05, 0) is 42.8 Å². The van der Waals surface area contributed by atoms with Crippen molar-refractivity contribution in [3.05, 3.63) is 73.6 Å². The van der Waals surface area contributed by atoms with Gasteiger partial charge in [0.15, 0.2) is 4.77 Å². The molecule has 0 aliphatic carbocycles. The van der Waals surface area contributed by atoms with Crippen molar-refractivity contribution in [2.75, 3.05) is 13.1 Å². The van der Waals surface area contributed by atoms with E-state index in [9.17, 15) is 14.4 Å². The molecule has 1 saturated heterocycles. The number of piperidine rings is 1. The smallest absolute Gasteiger partial charge is 0.262 e. The van der Waals surface area contributed by atoms with E-state index < -0.39 is 0 Å². The average Bonchev–Trinajstić information content (AvgIpc) is 2.71. The molecule has 0 unspecified atom stereocenters. The predicted molar refractivity (Wildman–Crippen MR) is 112 cm³/mol. The number of hydrogen-bond donors (Lipinski definition) is 1. The summed E-state index contributed by atoms with van der Waals surface area (Å²) >= 11 is 5.33. The van der Waals surface area contributed by atoms with Crippen LogP contribution >= 0.6 is 12.2 Å². The summed E-state index contributed by atoms with van der Waals surface area (Å²) in [5, 5.41) is 0.512. The van der Waals surface area contributed by atoms with Gasteiger partial charge >= 0.3 is 0 Å². The lowest BCUT2D eigenvalue weighted by molar-refractivity contribution is -0.134. The van der Waals surface area contributed by atoms with Crippen molar-refractivity contribution in [2.24, 2.45) is 5.92 Å². The number of likely N-dealkylation sites (tertiary alicyclic amines) is 1. The Bertz CT molecular complexity index is 1310. The van der Waals surface area contributed by atoms with Crippen LogP contribution in [0.15, 0.2) is 52.1 Å². The van der Waals surface area contributed by atoms with E-state index in [4.69, 9.17) is 12.2 Å². The van der Waals surface area contributed by atoms with Gasteiger partial charge in [-0.1, -0.05) is 18.2 Å². The molecule has 0 spiro atoms. The Morgan fingerprint density at radius 3 is 2.76 bits per heavy atom. The molecule has 1 fully saturated rings. The van der Waals surface area contributed by atoms with E-state index in [2.05, 4.69) is 4.98 Å². The zero-order valence-corrected chi connectivity index (χ0v) is 16.5. The summed E-state index contributed by atoms with van der Waals surface area (Å²) in [4.78, 5) is 42.9. The van der Waals surface area contributed by atoms with Crippen LogP contribution in [0.4, 0.5) is 0 Å². The summed E-state index contributed by atoms with van der Waals surface area (Å²) in [5.74, 6) is 0.264. The van der Waals surface area contributed by atoms with Gasteiger partial charge in [-0.2, -0.15) is 0 Å². The largest absolute Gasteiger partial charge is 0.340 e. The number of H-pyrrole nitrogens is 1. The number of carbonyl (C=O) groups excluding carboxylic acids is 1. The van der Waals surface area contributed by atoms with Gasteiger partial charge in [0.25, 0.3) is 11.1 Å². The van der Waals surface area contributed by atoms with Crippen LogP contribution in [0.2, 0.25) is 0 Å². The molecule has 0 saturated carbocycles. The van der Waals surface area contributed by atoms with Crippen molar-refractivity contribution in [1.29, 1.82) is 0 Å². The van der Waals surface area contributed by atoms with E-state index in [1.807, 2.05) is 21.6 Å². The Balaban J connectivity index is 1.43. The highest BCUT2D eigenvalue weighted by Gasteiger charge is 2.36. The normalized spacial score (nSPS) is 20.5. The molecule has 7 nitrogen and oxygen atoms in total. The molecule has 148 valence electrons.